The van der Waals surface area contributed by atoms with Gasteiger partial charge in [0.2, 0.25) is 0 Å². The Morgan fingerprint density at radius 1 is 1.34 bits per heavy atom. The summed E-state index contributed by atoms with van der Waals surface area (Å²) >= 11 is 1.64. The minimum absolute atomic E-state index is 0.103. The van der Waals surface area contributed by atoms with Gasteiger partial charge >= 0.3 is 5.97 Å². The Bertz CT molecular complexity index is 1300. The third kappa shape index (κ3) is 2.34. The van der Waals surface area contributed by atoms with Gasteiger partial charge in [-0.3, -0.25) is 9.20 Å². The van der Waals surface area contributed by atoms with Gasteiger partial charge in [-0.25, -0.2) is 9.18 Å². The molecular weight excluding hydrogens is 391 g/mol. The van der Waals surface area contributed by atoms with Crippen LogP contribution in [0.3, 0.4) is 0 Å². The van der Waals surface area contributed by atoms with Crippen LogP contribution in [0.25, 0.3) is 16.0 Å². The van der Waals surface area contributed by atoms with Gasteiger partial charge in [0.15, 0.2) is 0 Å². The van der Waals surface area contributed by atoms with Crippen molar-refractivity contribution in [1.82, 2.24) is 9.72 Å². The number of carbonyl (C=O) groups is 1. The van der Waals surface area contributed by atoms with Gasteiger partial charge in [-0.05, 0) is 67.3 Å². The van der Waals surface area contributed by atoms with Crippen LogP contribution in [0.2, 0.25) is 0 Å². The molecule has 3 aromatic heterocycles. The molecule has 5 nitrogen and oxygen atoms in total. The van der Waals surface area contributed by atoms with Crippen molar-refractivity contribution in [3.05, 3.63) is 61.6 Å². The fraction of sp³-hybridized carbons (Fsp3) is 0.364. The molecule has 0 radical (unpaired) electrons. The number of aromatic carboxylic acids is 1. The first-order valence-electron chi connectivity index (χ1n) is 9.90. The average Bonchev–Trinajstić information content (AvgIpc) is 3.58. The van der Waals surface area contributed by atoms with E-state index in [-0.39, 0.29) is 17.0 Å². The van der Waals surface area contributed by atoms with E-state index in [0.29, 0.717) is 16.6 Å². The maximum Gasteiger partial charge on any atom is 0.341 e. The Kier molecular flexibility index (Phi) is 3.32. The summed E-state index contributed by atoms with van der Waals surface area (Å²) in [6, 6.07) is 3.58. The SMILES string of the molecule is Cc1c(-c2cc3c(s2)C2(CC2)NC3)c(F)cn2c(=O)c(C(=O)O)cc(C3CC3)c12. The monoisotopic (exact) mass is 410 g/mol. The van der Waals surface area contributed by atoms with E-state index < -0.39 is 17.3 Å². The van der Waals surface area contributed by atoms with Crippen molar-refractivity contribution in [3.8, 4) is 10.4 Å². The second-order valence-electron chi connectivity index (χ2n) is 8.49. The summed E-state index contributed by atoms with van der Waals surface area (Å²) in [5.41, 5.74) is 3.10. The van der Waals surface area contributed by atoms with Gasteiger partial charge in [-0.1, -0.05) is 0 Å². The first-order valence-corrected chi connectivity index (χ1v) is 10.7. The largest absolute Gasteiger partial charge is 0.477 e. The molecule has 2 aliphatic carbocycles. The molecule has 2 N–H and O–H groups in total. The topological polar surface area (TPSA) is 70.8 Å². The fourth-order valence-electron chi connectivity index (χ4n) is 4.77. The minimum atomic E-state index is -1.27. The lowest BCUT2D eigenvalue weighted by atomic mass is 9.99. The molecule has 6 rings (SSSR count). The van der Waals surface area contributed by atoms with Gasteiger partial charge in [0.05, 0.1) is 11.1 Å². The molecule has 2 saturated carbocycles. The molecule has 1 spiro atoms. The van der Waals surface area contributed by atoms with Crippen molar-refractivity contribution in [2.45, 2.75) is 50.6 Å². The van der Waals surface area contributed by atoms with Crippen LogP contribution >= 0.6 is 11.3 Å². The predicted molar refractivity (Wildman–Crippen MR) is 108 cm³/mol. The summed E-state index contributed by atoms with van der Waals surface area (Å²) in [6.45, 7) is 2.66. The van der Waals surface area contributed by atoms with Crippen molar-refractivity contribution < 1.29 is 14.3 Å². The molecule has 0 unspecified atom stereocenters. The van der Waals surface area contributed by atoms with Crippen LogP contribution in [0.1, 0.15) is 63.5 Å². The highest BCUT2D eigenvalue weighted by Crippen LogP contribution is 2.55. The third-order valence-electron chi connectivity index (χ3n) is 6.58. The molecule has 3 aromatic rings. The summed E-state index contributed by atoms with van der Waals surface area (Å²) in [5.74, 6) is -1.53. The number of hydrogen-bond donors (Lipinski definition) is 2. The zero-order valence-electron chi connectivity index (χ0n) is 15.8. The number of carboxylic acid groups (broad SMARTS) is 1. The fourth-order valence-corrected chi connectivity index (χ4v) is 6.28. The Balaban J connectivity index is 1.63. The smallest absolute Gasteiger partial charge is 0.341 e. The van der Waals surface area contributed by atoms with Crippen molar-refractivity contribution >= 4 is 22.8 Å². The highest BCUT2D eigenvalue weighted by Gasteiger charge is 2.50. The number of nitrogens with zero attached hydrogens (tertiary/aromatic N) is 1. The van der Waals surface area contributed by atoms with Crippen LogP contribution in [0.15, 0.2) is 23.1 Å². The number of nitrogens with one attached hydrogen (secondary N) is 1. The standard InChI is InChI=1S/C22H19FN2O3S/c1-10-17(16-6-12-8-24-22(4-5-22)19(12)29-16)15(23)9-25-18(10)13(11-2-3-11)7-14(20(25)26)21(27)28/h6-7,9,11,24H,2-5,8H2,1H3,(H,27,28). The van der Waals surface area contributed by atoms with E-state index in [9.17, 15) is 14.7 Å². The van der Waals surface area contributed by atoms with E-state index in [0.717, 1.165) is 42.7 Å². The van der Waals surface area contributed by atoms with E-state index in [4.69, 9.17) is 0 Å². The van der Waals surface area contributed by atoms with Gasteiger partial charge < -0.3 is 10.4 Å². The quantitative estimate of drug-likeness (QED) is 0.681. The lowest BCUT2D eigenvalue weighted by molar-refractivity contribution is 0.0694. The molecule has 29 heavy (non-hydrogen) atoms. The van der Waals surface area contributed by atoms with Crippen molar-refractivity contribution in [3.63, 3.8) is 0 Å². The lowest BCUT2D eigenvalue weighted by Crippen LogP contribution is -2.24. The second-order valence-corrected chi connectivity index (χ2v) is 9.55. The second kappa shape index (κ2) is 5.55. The number of rotatable bonds is 3. The number of thiophene rings is 1. The Hall–Kier alpha value is -2.51. The van der Waals surface area contributed by atoms with Gasteiger partial charge in [-0.15, -0.1) is 11.3 Å². The number of hydrogen-bond acceptors (Lipinski definition) is 4. The first kappa shape index (κ1) is 17.4. The van der Waals surface area contributed by atoms with Crippen LogP contribution in [-0.4, -0.2) is 15.5 Å². The average molecular weight is 410 g/mol. The first-order chi connectivity index (χ1) is 13.9. The number of fused-ring (bicyclic) bond motifs is 3. The molecule has 3 aliphatic rings. The van der Waals surface area contributed by atoms with E-state index in [2.05, 4.69) is 11.4 Å². The maximum atomic E-state index is 15.3. The molecule has 2 fully saturated rings. The van der Waals surface area contributed by atoms with Crippen molar-refractivity contribution in [2.75, 3.05) is 0 Å². The zero-order valence-corrected chi connectivity index (χ0v) is 16.7. The maximum absolute atomic E-state index is 15.3. The van der Waals surface area contributed by atoms with Crippen molar-refractivity contribution in [2.24, 2.45) is 0 Å². The number of pyridine rings is 2. The molecule has 0 saturated heterocycles. The van der Waals surface area contributed by atoms with Gasteiger partial charge in [0.25, 0.3) is 5.56 Å². The highest BCUT2D eigenvalue weighted by atomic mass is 32.1. The molecule has 0 bridgehead atoms. The predicted octanol–water partition coefficient (Wildman–Crippen LogP) is 4.14. The highest BCUT2D eigenvalue weighted by molar-refractivity contribution is 7.16. The van der Waals surface area contributed by atoms with E-state index in [1.54, 1.807) is 11.3 Å². The molecule has 4 heterocycles. The molecular formula is C22H19FN2O3S. The summed E-state index contributed by atoms with van der Waals surface area (Å²) in [4.78, 5) is 26.5. The number of aryl methyl sites for hydroxylation is 1. The number of halogens is 1. The zero-order chi connectivity index (χ0) is 20.1. The number of carboxylic acids is 1. The summed E-state index contributed by atoms with van der Waals surface area (Å²) < 4.78 is 16.5. The van der Waals surface area contributed by atoms with Gasteiger partial charge in [0, 0.05) is 28.1 Å². The Morgan fingerprint density at radius 2 is 2.10 bits per heavy atom. The molecule has 0 aromatic carbocycles. The molecule has 0 atom stereocenters. The summed E-state index contributed by atoms with van der Waals surface area (Å²) in [6.07, 6.45) is 5.34. The molecule has 148 valence electrons. The molecule has 0 amide bonds. The number of aromatic nitrogens is 1. The van der Waals surface area contributed by atoms with Gasteiger partial charge in [0.1, 0.15) is 11.4 Å². The summed E-state index contributed by atoms with van der Waals surface area (Å²) in [5, 5.41) is 13.0. The van der Waals surface area contributed by atoms with Crippen LogP contribution in [0.4, 0.5) is 4.39 Å². The van der Waals surface area contributed by atoms with Crippen LogP contribution < -0.4 is 10.9 Å². The van der Waals surface area contributed by atoms with Crippen LogP contribution in [-0.2, 0) is 12.1 Å². The summed E-state index contributed by atoms with van der Waals surface area (Å²) in [7, 11) is 0. The lowest BCUT2D eigenvalue weighted by Gasteiger charge is -2.16. The normalized spacial score (nSPS) is 19.1. The molecule has 1 aliphatic heterocycles. The van der Waals surface area contributed by atoms with E-state index in [1.165, 1.54) is 27.1 Å². The Morgan fingerprint density at radius 3 is 2.76 bits per heavy atom. The van der Waals surface area contributed by atoms with Crippen LogP contribution in [0.5, 0.6) is 0 Å². The Labute approximate surface area is 169 Å². The minimum Gasteiger partial charge on any atom is -0.477 e. The van der Waals surface area contributed by atoms with Crippen molar-refractivity contribution in [1.29, 1.82) is 0 Å². The van der Waals surface area contributed by atoms with E-state index >= 15 is 4.39 Å². The van der Waals surface area contributed by atoms with Crippen LogP contribution in [0, 0.1) is 12.7 Å². The van der Waals surface area contributed by atoms with E-state index in [1.807, 2.05) is 6.92 Å². The molecule has 7 heteroatoms. The van der Waals surface area contributed by atoms with Gasteiger partial charge in [-0.2, -0.15) is 0 Å². The third-order valence-corrected chi connectivity index (χ3v) is 7.98.